The Morgan fingerprint density at radius 2 is 1.71 bits per heavy atom. The Bertz CT molecular complexity index is 1180. The zero-order valence-corrected chi connectivity index (χ0v) is 19.0. The largest absolute Gasteiger partial charge is 0.497 e. The van der Waals surface area contributed by atoms with E-state index in [1.807, 2.05) is 25.1 Å². The van der Waals surface area contributed by atoms with E-state index in [0.29, 0.717) is 23.7 Å². The Morgan fingerprint density at radius 1 is 1.00 bits per heavy atom. The van der Waals surface area contributed by atoms with Gasteiger partial charge in [0.2, 0.25) is 0 Å². The smallest absolute Gasteiger partial charge is 0.262 e. The average Bonchev–Trinajstić information content (AvgIpc) is 2.86. The number of nitrogens with one attached hydrogen (secondary N) is 1. The third-order valence-electron chi connectivity index (χ3n) is 4.86. The van der Waals surface area contributed by atoms with Crippen molar-refractivity contribution in [3.8, 4) is 23.3 Å². The Kier molecular flexibility index (Phi) is 8.64. The number of benzene rings is 3. The molecule has 7 heteroatoms. The van der Waals surface area contributed by atoms with Gasteiger partial charge < -0.3 is 19.5 Å². The topological polar surface area (TPSA) is 80.6 Å². The predicted molar refractivity (Wildman–Crippen MR) is 127 cm³/mol. The number of rotatable bonds is 10. The summed E-state index contributed by atoms with van der Waals surface area (Å²) in [6, 6.07) is 20.4. The van der Waals surface area contributed by atoms with Gasteiger partial charge in [-0.05, 0) is 66.1 Å². The van der Waals surface area contributed by atoms with Gasteiger partial charge in [0.05, 0.1) is 13.7 Å². The monoisotopic (exact) mass is 460 g/mol. The molecule has 34 heavy (non-hydrogen) atoms. The average molecular weight is 461 g/mol. The Hall–Kier alpha value is -4.31. The fourth-order valence-electron chi connectivity index (χ4n) is 3.08. The number of nitriles is 1. The minimum Gasteiger partial charge on any atom is -0.497 e. The zero-order valence-electron chi connectivity index (χ0n) is 19.0. The molecule has 0 aliphatic heterocycles. The molecule has 3 aromatic rings. The lowest BCUT2D eigenvalue weighted by Crippen LogP contribution is -2.23. The molecule has 0 aliphatic carbocycles. The third kappa shape index (κ3) is 6.84. The Balaban J connectivity index is 1.69. The van der Waals surface area contributed by atoms with Gasteiger partial charge in [-0.25, -0.2) is 4.39 Å². The fraction of sp³-hybridized carbons (Fsp3) is 0.185. The summed E-state index contributed by atoms with van der Waals surface area (Å²) in [5.74, 6) is 0.923. The molecular weight excluding hydrogens is 435 g/mol. The van der Waals surface area contributed by atoms with Crippen molar-refractivity contribution in [2.75, 3.05) is 13.7 Å². The van der Waals surface area contributed by atoms with Crippen molar-refractivity contribution in [1.29, 1.82) is 5.26 Å². The highest BCUT2D eigenvalue weighted by Gasteiger charge is 2.11. The number of nitrogens with zero attached hydrogens (tertiary/aromatic N) is 1. The zero-order chi connectivity index (χ0) is 24.3. The molecule has 3 aromatic carbocycles. The van der Waals surface area contributed by atoms with Crippen molar-refractivity contribution in [3.63, 3.8) is 0 Å². The van der Waals surface area contributed by atoms with Crippen LogP contribution in [0.1, 0.15) is 23.6 Å². The van der Waals surface area contributed by atoms with Crippen molar-refractivity contribution < 1.29 is 23.4 Å². The van der Waals surface area contributed by atoms with Crippen molar-refractivity contribution in [3.05, 3.63) is 94.8 Å². The van der Waals surface area contributed by atoms with E-state index in [4.69, 9.17) is 14.2 Å². The molecule has 1 N–H and O–H groups in total. The molecule has 174 valence electrons. The molecule has 0 unspecified atom stereocenters. The van der Waals surface area contributed by atoms with Crippen LogP contribution in [0.5, 0.6) is 17.2 Å². The summed E-state index contributed by atoms with van der Waals surface area (Å²) in [5.41, 5.74) is 2.28. The second kappa shape index (κ2) is 12.1. The highest BCUT2D eigenvalue weighted by Crippen LogP contribution is 2.30. The molecule has 0 radical (unpaired) electrons. The van der Waals surface area contributed by atoms with Gasteiger partial charge in [0.15, 0.2) is 11.5 Å². The van der Waals surface area contributed by atoms with E-state index < -0.39 is 5.91 Å². The van der Waals surface area contributed by atoms with Crippen molar-refractivity contribution in [1.82, 2.24) is 5.32 Å². The van der Waals surface area contributed by atoms with Crippen LogP contribution in [0.2, 0.25) is 0 Å². The first-order valence-electron chi connectivity index (χ1n) is 10.7. The van der Waals surface area contributed by atoms with E-state index >= 15 is 0 Å². The lowest BCUT2D eigenvalue weighted by molar-refractivity contribution is -0.117. The third-order valence-corrected chi connectivity index (χ3v) is 4.86. The predicted octanol–water partition coefficient (Wildman–Crippen LogP) is 5.04. The number of amides is 1. The molecule has 1 amide bonds. The molecule has 0 aliphatic rings. The van der Waals surface area contributed by atoms with Crippen LogP contribution >= 0.6 is 0 Å². The summed E-state index contributed by atoms with van der Waals surface area (Å²) < 4.78 is 29.7. The van der Waals surface area contributed by atoms with E-state index in [0.717, 1.165) is 16.9 Å². The summed E-state index contributed by atoms with van der Waals surface area (Å²) in [6.07, 6.45) is 1.50. The van der Waals surface area contributed by atoms with Crippen LogP contribution in [0.3, 0.4) is 0 Å². The van der Waals surface area contributed by atoms with Crippen LogP contribution < -0.4 is 19.5 Å². The second-order valence-electron chi connectivity index (χ2n) is 7.25. The van der Waals surface area contributed by atoms with Gasteiger partial charge >= 0.3 is 0 Å². The molecule has 0 saturated carbocycles. The van der Waals surface area contributed by atoms with E-state index in [1.165, 1.54) is 18.2 Å². The first-order chi connectivity index (χ1) is 16.5. The van der Waals surface area contributed by atoms with Gasteiger partial charge in [-0.1, -0.05) is 30.3 Å². The quantitative estimate of drug-likeness (QED) is 0.339. The van der Waals surface area contributed by atoms with Crippen molar-refractivity contribution >= 4 is 12.0 Å². The number of carbonyl (C=O) groups excluding carboxylic acids is 1. The van der Waals surface area contributed by atoms with Crippen LogP contribution in [0, 0.1) is 17.1 Å². The summed E-state index contributed by atoms with van der Waals surface area (Å²) in [7, 11) is 1.59. The normalized spacial score (nSPS) is 10.8. The molecule has 0 aromatic heterocycles. The molecule has 0 atom stereocenters. The minimum absolute atomic E-state index is 0.0315. The summed E-state index contributed by atoms with van der Waals surface area (Å²) >= 11 is 0. The van der Waals surface area contributed by atoms with E-state index in [-0.39, 0.29) is 24.5 Å². The van der Waals surface area contributed by atoms with Crippen molar-refractivity contribution in [2.24, 2.45) is 0 Å². The van der Waals surface area contributed by atoms with Gasteiger partial charge in [0, 0.05) is 6.54 Å². The molecule has 0 heterocycles. The second-order valence-corrected chi connectivity index (χ2v) is 7.25. The summed E-state index contributed by atoms with van der Waals surface area (Å²) in [4.78, 5) is 12.5. The van der Waals surface area contributed by atoms with Crippen molar-refractivity contribution in [2.45, 2.75) is 20.1 Å². The van der Waals surface area contributed by atoms with Gasteiger partial charge in [0.25, 0.3) is 5.91 Å². The molecule has 0 saturated heterocycles. The van der Waals surface area contributed by atoms with Gasteiger partial charge in [0.1, 0.15) is 29.8 Å². The summed E-state index contributed by atoms with van der Waals surface area (Å²) in [6.45, 7) is 2.78. The Morgan fingerprint density at radius 3 is 2.35 bits per heavy atom. The number of ether oxygens (including phenoxy) is 3. The first kappa shape index (κ1) is 24.3. The lowest BCUT2D eigenvalue weighted by atomic mass is 10.1. The number of hydrogen-bond donors (Lipinski definition) is 1. The lowest BCUT2D eigenvalue weighted by Gasteiger charge is -2.13. The van der Waals surface area contributed by atoms with Crippen LogP contribution in [0.15, 0.2) is 72.3 Å². The Labute approximate surface area is 198 Å². The van der Waals surface area contributed by atoms with Gasteiger partial charge in [-0.15, -0.1) is 0 Å². The molecule has 3 rings (SSSR count). The van der Waals surface area contributed by atoms with Crippen LogP contribution in [0.25, 0.3) is 6.08 Å². The van der Waals surface area contributed by atoms with Crippen LogP contribution in [-0.2, 0) is 17.9 Å². The standard InChI is InChI=1S/C27H25FN2O4/c1-3-33-26-15-21(8-13-25(26)34-18-20-4-9-23(28)10-5-20)14-22(16-29)27(31)30-17-19-6-11-24(32-2)12-7-19/h4-15H,3,17-18H2,1-2H3,(H,30,31)/b22-14-. The molecule has 6 nitrogen and oxygen atoms in total. The van der Waals surface area contributed by atoms with E-state index in [2.05, 4.69) is 5.32 Å². The maximum absolute atomic E-state index is 13.1. The van der Waals surface area contributed by atoms with Gasteiger partial charge in [-0.2, -0.15) is 5.26 Å². The molecule has 0 fully saturated rings. The van der Waals surface area contributed by atoms with E-state index in [9.17, 15) is 14.4 Å². The number of methoxy groups -OCH3 is 1. The fourth-order valence-corrected chi connectivity index (χ4v) is 3.08. The van der Waals surface area contributed by atoms with Gasteiger partial charge in [-0.3, -0.25) is 4.79 Å². The number of carbonyl (C=O) groups is 1. The first-order valence-corrected chi connectivity index (χ1v) is 10.7. The molecule has 0 bridgehead atoms. The minimum atomic E-state index is -0.479. The molecule has 0 spiro atoms. The SMILES string of the molecule is CCOc1cc(/C=C(/C#N)C(=O)NCc2ccc(OC)cc2)ccc1OCc1ccc(F)cc1. The van der Waals surface area contributed by atoms with Crippen LogP contribution in [-0.4, -0.2) is 19.6 Å². The molecular formula is C27H25FN2O4. The summed E-state index contributed by atoms with van der Waals surface area (Å²) in [5, 5.41) is 12.3. The highest BCUT2D eigenvalue weighted by molar-refractivity contribution is 6.01. The maximum Gasteiger partial charge on any atom is 0.262 e. The highest BCUT2D eigenvalue weighted by atomic mass is 19.1. The van der Waals surface area contributed by atoms with E-state index in [1.54, 1.807) is 49.6 Å². The number of halogens is 1. The number of hydrogen-bond acceptors (Lipinski definition) is 5. The van der Waals surface area contributed by atoms with Crippen LogP contribution in [0.4, 0.5) is 4.39 Å². The maximum atomic E-state index is 13.1.